The maximum Gasteiger partial charge on any atom is 0.320 e. The van der Waals surface area contributed by atoms with Gasteiger partial charge in [-0.2, -0.15) is 0 Å². The number of aliphatic hydroxyl groups is 2. The fourth-order valence-corrected chi connectivity index (χ4v) is 3.23. The Hall–Kier alpha value is -1.96. The molecule has 138 valence electrons. The molecule has 1 aromatic carbocycles. The van der Waals surface area contributed by atoms with Crippen molar-refractivity contribution < 1.29 is 24.9 Å². The monoisotopic (exact) mass is 350 g/mol. The lowest BCUT2D eigenvalue weighted by molar-refractivity contribution is -0.146. The highest BCUT2D eigenvalue weighted by Gasteiger charge is 2.36. The summed E-state index contributed by atoms with van der Waals surface area (Å²) in [4.78, 5) is 25.5. The zero-order valence-corrected chi connectivity index (χ0v) is 14.3. The minimum Gasteiger partial charge on any atom is -0.480 e. The lowest BCUT2D eigenvalue weighted by atomic mass is 10.0. The molecule has 1 aliphatic rings. The molecule has 25 heavy (non-hydrogen) atoms. The van der Waals surface area contributed by atoms with E-state index in [1.54, 1.807) is 6.92 Å². The number of carbonyl (C=O) groups excluding carboxylic acids is 1. The van der Waals surface area contributed by atoms with Crippen molar-refractivity contribution in [1.82, 2.24) is 10.2 Å². The number of carbonyl (C=O) groups is 2. The summed E-state index contributed by atoms with van der Waals surface area (Å²) in [6.07, 6.45) is 0.618. The van der Waals surface area contributed by atoms with Gasteiger partial charge in [-0.05, 0) is 38.2 Å². The molecule has 0 saturated carbocycles. The summed E-state index contributed by atoms with van der Waals surface area (Å²) in [5.41, 5.74) is 1.04. The first kappa shape index (κ1) is 19.4. The molecule has 0 spiro atoms. The van der Waals surface area contributed by atoms with Crippen molar-refractivity contribution >= 4 is 11.9 Å². The number of hydrogen-bond donors (Lipinski definition) is 4. The van der Waals surface area contributed by atoms with Gasteiger partial charge in [-0.15, -0.1) is 0 Å². The number of aryl methyl sites for hydroxylation is 1. The zero-order valence-electron chi connectivity index (χ0n) is 14.3. The highest BCUT2D eigenvalue weighted by molar-refractivity contribution is 5.83. The molecule has 1 heterocycles. The predicted molar refractivity (Wildman–Crippen MR) is 91.7 cm³/mol. The molecule has 4 N–H and O–H groups in total. The SMILES string of the molecule is C[C@H](N[C@@H](CCc1ccccc1)C(=O)O)C(=O)N1CCC[C@H]1C(O)O. The second kappa shape index (κ2) is 8.94. The van der Waals surface area contributed by atoms with Crippen LogP contribution in [0.1, 0.15) is 31.7 Å². The summed E-state index contributed by atoms with van der Waals surface area (Å²) in [6.45, 7) is 2.06. The van der Waals surface area contributed by atoms with Gasteiger partial charge < -0.3 is 20.2 Å². The van der Waals surface area contributed by atoms with Crippen molar-refractivity contribution in [2.24, 2.45) is 0 Å². The number of aliphatic hydroxyl groups excluding tert-OH is 1. The van der Waals surface area contributed by atoms with E-state index in [2.05, 4.69) is 5.32 Å². The number of nitrogens with zero attached hydrogens (tertiary/aromatic N) is 1. The topological polar surface area (TPSA) is 110 Å². The molecule has 1 fully saturated rings. The number of rotatable bonds is 8. The Kier molecular flexibility index (Phi) is 6.92. The summed E-state index contributed by atoms with van der Waals surface area (Å²) >= 11 is 0. The molecule has 1 saturated heterocycles. The van der Waals surface area contributed by atoms with E-state index in [-0.39, 0.29) is 5.91 Å². The van der Waals surface area contributed by atoms with Crippen LogP contribution in [-0.4, -0.2) is 63.1 Å². The van der Waals surface area contributed by atoms with Gasteiger partial charge in [-0.1, -0.05) is 30.3 Å². The maximum atomic E-state index is 12.5. The van der Waals surface area contributed by atoms with Crippen molar-refractivity contribution in [1.29, 1.82) is 0 Å². The number of nitrogens with one attached hydrogen (secondary N) is 1. The summed E-state index contributed by atoms with van der Waals surface area (Å²) in [6, 6.07) is 7.39. The second-order valence-electron chi connectivity index (χ2n) is 6.46. The number of hydrogen-bond acceptors (Lipinski definition) is 5. The fourth-order valence-electron chi connectivity index (χ4n) is 3.23. The van der Waals surface area contributed by atoms with Crippen LogP contribution in [0.2, 0.25) is 0 Å². The molecule has 1 aliphatic heterocycles. The Labute approximate surface area is 147 Å². The van der Waals surface area contributed by atoms with Crippen LogP contribution < -0.4 is 5.32 Å². The van der Waals surface area contributed by atoms with E-state index < -0.39 is 30.4 Å². The highest BCUT2D eigenvalue weighted by atomic mass is 16.5. The number of amides is 1. The van der Waals surface area contributed by atoms with Gasteiger partial charge in [0.25, 0.3) is 0 Å². The van der Waals surface area contributed by atoms with Crippen LogP contribution in [0.3, 0.4) is 0 Å². The Balaban J connectivity index is 1.94. The molecule has 0 aliphatic carbocycles. The largest absolute Gasteiger partial charge is 0.480 e. The van der Waals surface area contributed by atoms with Crippen LogP contribution in [0.5, 0.6) is 0 Å². The molecule has 1 aromatic rings. The maximum absolute atomic E-state index is 12.5. The van der Waals surface area contributed by atoms with Gasteiger partial charge in [0, 0.05) is 6.54 Å². The third-order valence-corrected chi connectivity index (χ3v) is 4.61. The predicted octanol–water partition coefficient (Wildman–Crippen LogP) is 0.352. The number of likely N-dealkylation sites (tertiary alicyclic amines) is 1. The lowest BCUT2D eigenvalue weighted by Crippen LogP contribution is -2.53. The lowest BCUT2D eigenvalue weighted by Gasteiger charge is -2.30. The van der Waals surface area contributed by atoms with Crippen LogP contribution >= 0.6 is 0 Å². The summed E-state index contributed by atoms with van der Waals surface area (Å²) < 4.78 is 0. The normalized spacial score (nSPS) is 19.8. The Morgan fingerprint density at radius 3 is 2.56 bits per heavy atom. The van der Waals surface area contributed by atoms with E-state index in [0.29, 0.717) is 32.2 Å². The van der Waals surface area contributed by atoms with Gasteiger partial charge in [0.05, 0.1) is 12.1 Å². The quantitative estimate of drug-likeness (QED) is 0.504. The average molecular weight is 350 g/mol. The molecule has 7 heteroatoms. The van der Waals surface area contributed by atoms with Crippen molar-refractivity contribution in [3.63, 3.8) is 0 Å². The first-order chi connectivity index (χ1) is 11.9. The smallest absolute Gasteiger partial charge is 0.320 e. The first-order valence-corrected chi connectivity index (χ1v) is 8.59. The van der Waals surface area contributed by atoms with E-state index in [1.807, 2.05) is 30.3 Å². The molecule has 0 unspecified atom stereocenters. The van der Waals surface area contributed by atoms with Gasteiger partial charge in [-0.3, -0.25) is 14.9 Å². The fraction of sp³-hybridized carbons (Fsp3) is 0.556. The standard InChI is InChI=1S/C18H26N2O5/c1-12(16(21)20-11-5-8-15(20)18(24)25)19-14(17(22)23)10-9-13-6-3-2-4-7-13/h2-4,6-7,12,14-15,18-19,24-25H,5,8-11H2,1H3,(H,22,23)/t12-,14-,15-/m0/s1. The van der Waals surface area contributed by atoms with E-state index in [9.17, 15) is 24.9 Å². The number of carboxylic acids is 1. The van der Waals surface area contributed by atoms with E-state index in [0.717, 1.165) is 5.56 Å². The van der Waals surface area contributed by atoms with Crippen LogP contribution in [0.25, 0.3) is 0 Å². The van der Waals surface area contributed by atoms with E-state index >= 15 is 0 Å². The van der Waals surface area contributed by atoms with Crippen LogP contribution in [0.4, 0.5) is 0 Å². The third-order valence-electron chi connectivity index (χ3n) is 4.61. The zero-order chi connectivity index (χ0) is 18.4. The van der Waals surface area contributed by atoms with Crippen molar-refractivity contribution in [2.45, 2.75) is 57.0 Å². The Morgan fingerprint density at radius 1 is 1.28 bits per heavy atom. The molecule has 2 rings (SSSR count). The van der Waals surface area contributed by atoms with Gasteiger partial charge in [0.15, 0.2) is 6.29 Å². The molecule has 3 atom stereocenters. The van der Waals surface area contributed by atoms with Crippen molar-refractivity contribution in [2.75, 3.05) is 6.54 Å². The van der Waals surface area contributed by atoms with Gasteiger partial charge in [-0.25, -0.2) is 0 Å². The molecule has 0 radical (unpaired) electrons. The van der Waals surface area contributed by atoms with E-state index in [4.69, 9.17) is 0 Å². The summed E-state index contributed by atoms with van der Waals surface area (Å²) in [5, 5.41) is 31.1. The molecule has 1 amide bonds. The molecule has 0 bridgehead atoms. The number of benzene rings is 1. The number of carboxylic acid groups (broad SMARTS) is 1. The summed E-state index contributed by atoms with van der Waals surface area (Å²) in [7, 11) is 0. The molecular weight excluding hydrogens is 324 g/mol. The van der Waals surface area contributed by atoms with Crippen molar-refractivity contribution in [3.8, 4) is 0 Å². The second-order valence-corrected chi connectivity index (χ2v) is 6.46. The Bertz CT molecular complexity index is 578. The van der Waals surface area contributed by atoms with Gasteiger partial charge >= 0.3 is 5.97 Å². The third kappa shape index (κ3) is 5.26. The molecule has 0 aromatic heterocycles. The number of aliphatic carboxylic acids is 1. The minimum absolute atomic E-state index is 0.304. The van der Waals surface area contributed by atoms with Crippen LogP contribution in [0, 0.1) is 0 Å². The average Bonchev–Trinajstić information content (AvgIpc) is 3.08. The van der Waals surface area contributed by atoms with Crippen molar-refractivity contribution in [3.05, 3.63) is 35.9 Å². The van der Waals surface area contributed by atoms with E-state index in [1.165, 1.54) is 4.90 Å². The summed E-state index contributed by atoms with van der Waals surface area (Å²) in [5.74, 6) is -1.31. The molecule has 7 nitrogen and oxygen atoms in total. The van der Waals surface area contributed by atoms with Crippen LogP contribution in [0.15, 0.2) is 30.3 Å². The van der Waals surface area contributed by atoms with Crippen LogP contribution in [-0.2, 0) is 16.0 Å². The van der Waals surface area contributed by atoms with Gasteiger partial charge in [0.1, 0.15) is 6.04 Å². The first-order valence-electron chi connectivity index (χ1n) is 8.59. The minimum atomic E-state index is -1.58. The highest BCUT2D eigenvalue weighted by Crippen LogP contribution is 2.20. The Morgan fingerprint density at radius 2 is 1.96 bits per heavy atom. The molecular formula is C18H26N2O5. The van der Waals surface area contributed by atoms with Gasteiger partial charge in [0.2, 0.25) is 5.91 Å².